The number of hydrogen-bond donors (Lipinski definition) is 1. The minimum absolute atomic E-state index is 0.162. The molecule has 3 nitrogen and oxygen atoms in total. The Hall–Kier alpha value is -3.18. The zero-order chi connectivity index (χ0) is 19.7. The number of halogens is 1. The van der Waals surface area contributed by atoms with Crippen LogP contribution < -0.4 is 5.32 Å². The van der Waals surface area contributed by atoms with Gasteiger partial charge in [0.05, 0.1) is 5.69 Å². The van der Waals surface area contributed by atoms with Gasteiger partial charge in [-0.1, -0.05) is 18.2 Å². The molecule has 140 valence electrons. The molecule has 2 aromatic carbocycles. The Labute approximate surface area is 167 Å². The van der Waals surface area contributed by atoms with E-state index in [1.54, 1.807) is 12.1 Å². The fraction of sp³-hybridized carbons (Fsp3) is 0.0870. The molecule has 0 bridgehead atoms. The topological polar surface area (TPSA) is 34.0 Å². The molecule has 0 spiro atoms. The van der Waals surface area contributed by atoms with E-state index in [-0.39, 0.29) is 11.7 Å². The molecule has 28 heavy (non-hydrogen) atoms. The molecule has 0 saturated heterocycles. The quantitative estimate of drug-likeness (QED) is 0.441. The van der Waals surface area contributed by atoms with Gasteiger partial charge >= 0.3 is 0 Å². The molecule has 0 unspecified atom stereocenters. The van der Waals surface area contributed by atoms with Crippen molar-refractivity contribution in [3.8, 4) is 16.8 Å². The van der Waals surface area contributed by atoms with Crippen molar-refractivity contribution in [2.24, 2.45) is 0 Å². The predicted molar refractivity (Wildman–Crippen MR) is 113 cm³/mol. The standard InChI is InChI=1S/C23H19FN2OS/c1-15-5-10-19(13-16(15)2)25-23(27)22-21(26-11-3-4-12-26)20(14-28-22)17-6-8-18(24)9-7-17/h3-14H,1-2H3,(H,25,27). The number of rotatable bonds is 4. The summed E-state index contributed by atoms with van der Waals surface area (Å²) in [5.74, 6) is -0.445. The molecule has 0 aliphatic rings. The van der Waals surface area contributed by atoms with Crippen molar-refractivity contribution in [1.29, 1.82) is 0 Å². The Kier molecular flexibility index (Phi) is 4.84. The van der Waals surface area contributed by atoms with Crippen LogP contribution in [-0.4, -0.2) is 10.5 Å². The van der Waals surface area contributed by atoms with E-state index in [2.05, 4.69) is 5.32 Å². The number of carbonyl (C=O) groups is 1. The van der Waals surface area contributed by atoms with Crippen molar-refractivity contribution in [2.45, 2.75) is 13.8 Å². The minimum Gasteiger partial charge on any atom is -0.322 e. The molecule has 5 heteroatoms. The lowest BCUT2D eigenvalue weighted by Gasteiger charge is -2.11. The van der Waals surface area contributed by atoms with Crippen molar-refractivity contribution in [3.63, 3.8) is 0 Å². The summed E-state index contributed by atoms with van der Waals surface area (Å²) in [4.78, 5) is 13.7. The second-order valence-electron chi connectivity index (χ2n) is 6.68. The third-order valence-electron chi connectivity index (χ3n) is 4.75. The van der Waals surface area contributed by atoms with Crippen LogP contribution in [0, 0.1) is 19.7 Å². The van der Waals surface area contributed by atoms with Gasteiger partial charge in [-0.05, 0) is 66.9 Å². The number of anilines is 1. The lowest BCUT2D eigenvalue weighted by Crippen LogP contribution is -2.13. The number of nitrogens with one attached hydrogen (secondary N) is 1. The SMILES string of the molecule is Cc1ccc(NC(=O)c2scc(-c3ccc(F)cc3)c2-n2cccc2)cc1C. The molecule has 1 N–H and O–H groups in total. The molecule has 2 heterocycles. The van der Waals surface area contributed by atoms with Gasteiger partial charge in [-0.25, -0.2) is 4.39 Å². The van der Waals surface area contributed by atoms with Gasteiger partial charge in [-0.15, -0.1) is 11.3 Å². The second kappa shape index (κ2) is 7.44. The summed E-state index contributed by atoms with van der Waals surface area (Å²) < 4.78 is 15.3. The fourth-order valence-corrected chi connectivity index (χ4v) is 4.06. The van der Waals surface area contributed by atoms with E-state index < -0.39 is 0 Å². The normalized spacial score (nSPS) is 10.8. The molecule has 0 radical (unpaired) electrons. The van der Waals surface area contributed by atoms with Crippen LogP contribution in [0.4, 0.5) is 10.1 Å². The van der Waals surface area contributed by atoms with Crippen LogP contribution in [0.25, 0.3) is 16.8 Å². The first-order valence-corrected chi connectivity index (χ1v) is 9.80. The number of hydrogen-bond acceptors (Lipinski definition) is 2. The van der Waals surface area contributed by atoms with Crippen LogP contribution in [0.5, 0.6) is 0 Å². The molecule has 1 amide bonds. The Bertz CT molecular complexity index is 1130. The third-order valence-corrected chi connectivity index (χ3v) is 5.72. The van der Waals surface area contributed by atoms with Crippen LogP contribution in [-0.2, 0) is 0 Å². The van der Waals surface area contributed by atoms with E-state index in [0.717, 1.165) is 28.1 Å². The highest BCUT2D eigenvalue weighted by Crippen LogP contribution is 2.35. The highest BCUT2D eigenvalue weighted by Gasteiger charge is 2.20. The molecular formula is C23H19FN2OS. The van der Waals surface area contributed by atoms with Crippen molar-refractivity contribution >= 4 is 22.9 Å². The highest BCUT2D eigenvalue weighted by atomic mass is 32.1. The molecule has 0 atom stereocenters. The summed E-state index contributed by atoms with van der Waals surface area (Å²) in [6, 6.07) is 16.0. The minimum atomic E-state index is -0.283. The summed E-state index contributed by atoms with van der Waals surface area (Å²) in [6.07, 6.45) is 3.81. The van der Waals surface area contributed by atoms with Gasteiger partial charge in [0.25, 0.3) is 5.91 Å². The van der Waals surface area contributed by atoms with Gasteiger partial charge in [-0.3, -0.25) is 4.79 Å². The number of thiophene rings is 1. The fourth-order valence-electron chi connectivity index (χ4n) is 3.09. The first kappa shape index (κ1) is 18.2. The molecule has 2 aromatic heterocycles. The van der Waals surface area contributed by atoms with Crippen LogP contribution >= 0.6 is 11.3 Å². The van der Waals surface area contributed by atoms with Crippen LogP contribution in [0.15, 0.2) is 72.4 Å². The maximum Gasteiger partial charge on any atom is 0.267 e. The van der Waals surface area contributed by atoms with E-state index >= 15 is 0 Å². The molecule has 0 saturated carbocycles. The average molecular weight is 390 g/mol. The first-order valence-electron chi connectivity index (χ1n) is 8.92. The Morgan fingerprint density at radius 3 is 2.39 bits per heavy atom. The van der Waals surface area contributed by atoms with Crippen molar-refractivity contribution < 1.29 is 9.18 Å². The van der Waals surface area contributed by atoms with Gasteiger partial charge in [0.2, 0.25) is 0 Å². The molecule has 4 rings (SSSR count). The highest BCUT2D eigenvalue weighted by molar-refractivity contribution is 7.13. The monoisotopic (exact) mass is 390 g/mol. The lowest BCUT2D eigenvalue weighted by atomic mass is 10.1. The lowest BCUT2D eigenvalue weighted by molar-refractivity contribution is 0.103. The maximum absolute atomic E-state index is 13.3. The Balaban J connectivity index is 1.75. The van der Waals surface area contributed by atoms with Crippen molar-refractivity contribution in [1.82, 2.24) is 4.57 Å². The zero-order valence-corrected chi connectivity index (χ0v) is 16.4. The van der Waals surface area contributed by atoms with Crippen molar-refractivity contribution in [2.75, 3.05) is 5.32 Å². The van der Waals surface area contributed by atoms with Gasteiger partial charge in [0.1, 0.15) is 10.7 Å². The summed E-state index contributed by atoms with van der Waals surface area (Å²) >= 11 is 1.38. The largest absolute Gasteiger partial charge is 0.322 e. The second-order valence-corrected chi connectivity index (χ2v) is 7.56. The maximum atomic E-state index is 13.3. The van der Waals surface area contributed by atoms with E-state index in [4.69, 9.17) is 0 Å². The Morgan fingerprint density at radius 1 is 1.00 bits per heavy atom. The summed E-state index contributed by atoms with van der Waals surface area (Å²) in [5, 5.41) is 4.94. The van der Waals surface area contributed by atoms with Crippen LogP contribution in [0.1, 0.15) is 20.8 Å². The number of aryl methyl sites for hydroxylation is 2. The molecule has 0 fully saturated rings. The van der Waals surface area contributed by atoms with Gasteiger partial charge in [0.15, 0.2) is 0 Å². The first-order chi connectivity index (χ1) is 13.5. The summed E-state index contributed by atoms with van der Waals surface area (Å²) in [7, 11) is 0. The number of nitrogens with zero attached hydrogens (tertiary/aromatic N) is 1. The number of aromatic nitrogens is 1. The van der Waals surface area contributed by atoms with Crippen molar-refractivity contribution in [3.05, 3.63) is 94.2 Å². The van der Waals surface area contributed by atoms with E-state index in [0.29, 0.717) is 4.88 Å². The number of carbonyl (C=O) groups excluding carboxylic acids is 1. The molecular weight excluding hydrogens is 371 g/mol. The van der Waals surface area contributed by atoms with E-state index in [1.807, 2.05) is 66.5 Å². The van der Waals surface area contributed by atoms with Gasteiger partial charge in [0, 0.05) is 29.0 Å². The smallest absolute Gasteiger partial charge is 0.267 e. The van der Waals surface area contributed by atoms with Gasteiger partial charge < -0.3 is 9.88 Å². The average Bonchev–Trinajstić information content (AvgIpc) is 3.34. The summed E-state index contributed by atoms with van der Waals surface area (Å²) in [6.45, 7) is 4.06. The number of benzene rings is 2. The van der Waals surface area contributed by atoms with Gasteiger partial charge in [-0.2, -0.15) is 0 Å². The summed E-state index contributed by atoms with van der Waals surface area (Å²) in [5.41, 5.74) is 5.63. The van der Waals surface area contributed by atoms with Crippen LogP contribution in [0.3, 0.4) is 0 Å². The molecule has 4 aromatic rings. The third kappa shape index (κ3) is 3.49. The van der Waals surface area contributed by atoms with Crippen LogP contribution in [0.2, 0.25) is 0 Å². The zero-order valence-electron chi connectivity index (χ0n) is 15.6. The Morgan fingerprint density at radius 2 is 1.71 bits per heavy atom. The number of amides is 1. The molecule has 0 aliphatic carbocycles. The van der Waals surface area contributed by atoms with E-state index in [1.165, 1.54) is 29.0 Å². The molecule has 0 aliphatic heterocycles. The predicted octanol–water partition coefficient (Wildman–Crippen LogP) is 6.21. The van der Waals surface area contributed by atoms with E-state index in [9.17, 15) is 9.18 Å².